The van der Waals surface area contributed by atoms with Crippen molar-refractivity contribution in [1.29, 1.82) is 0 Å². The average molecular weight is 176 g/mol. The summed E-state index contributed by atoms with van der Waals surface area (Å²) in [6, 6.07) is 3.35. The van der Waals surface area contributed by atoms with Crippen molar-refractivity contribution in [2.24, 2.45) is 0 Å². The fourth-order valence-corrected chi connectivity index (χ4v) is 1.16. The topological polar surface area (TPSA) is 91.9 Å². The van der Waals surface area contributed by atoms with Gasteiger partial charge in [-0.05, 0) is 12.1 Å². The van der Waals surface area contributed by atoms with Crippen LogP contribution in [-0.4, -0.2) is 5.10 Å². The van der Waals surface area contributed by atoms with Crippen LogP contribution in [-0.2, 0) is 0 Å². The largest absolute Gasteiger partial charge is 0.594 e. The molecule has 0 fully saturated rings. The van der Waals surface area contributed by atoms with Crippen molar-refractivity contribution in [3.8, 4) is 0 Å². The fraction of sp³-hybridized carbons (Fsp3) is 0. The average Bonchev–Trinajstić information content (AvgIpc) is 2.08. The van der Waals surface area contributed by atoms with E-state index in [1.807, 2.05) is 0 Å². The second-order valence-electron chi connectivity index (χ2n) is 2.79. The number of nitrogens with zero attached hydrogens (tertiary/aromatic N) is 2. The van der Waals surface area contributed by atoms with Crippen LogP contribution in [0.2, 0.25) is 0 Å². The Kier molecular flexibility index (Phi) is 1.45. The van der Waals surface area contributed by atoms with Gasteiger partial charge in [0.2, 0.25) is 6.20 Å². The van der Waals surface area contributed by atoms with E-state index in [0.717, 1.165) is 10.8 Å². The Morgan fingerprint density at radius 1 is 1.15 bits per heavy atom. The Balaban J connectivity index is 2.81. The van der Waals surface area contributed by atoms with E-state index in [1.165, 1.54) is 12.4 Å². The first-order valence-corrected chi connectivity index (χ1v) is 3.71. The van der Waals surface area contributed by atoms with Gasteiger partial charge < -0.3 is 16.7 Å². The van der Waals surface area contributed by atoms with Gasteiger partial charge in [0.05, 0.1) is 16.8 Å². The molecule has 0 unspecified atom stereocenters. The number of fused-ring (bicyclic) bond motifs is 1. The maximum atomic E-state index is 10.8. The van der Waals surface area contributed by atoms with Gasteiger partial charge in [-0.2, -0.15) is 0 Å². The Labute approximate surface area is 74.2 Å². The first-order chi connectivity index (χ1) is 6.16. The lowest BCUT2D eigenvalue weighted by Gasteiger charge is -2.01. The molecule has 0 aliphatic carbocycles. The van der Waals surface area contributed by atoms with Crippen LogP contribution in [0.4, 0.5) is 11.4 Å². The van der Waals surface area contributed by atoms with E-state index in [0.29, 0.717) is 16.2 Å². The van der Waals surface area contributed by atoms with Gasteiger partial charge in [-0.3, -0.25) is 0 Å². The maximum absolute atomic E-state index is 10.8. The molecule has 0 saturated carbocycles. The molecular weight excluding hydrogens is 168 g/mol. The van der Waals surface area contributed by atoms with Crippen molar-refractivity contribution in [3.63, 3.8) is 0 Å². The highest BCUT2D eigenvalue weighted by Crippen LogP contribution is 2.21. The number of benzene rings is 1. The van der Waals surface area contributed by atoms with E-state index in [9.17, 15) is 5.21 Å². The first kappa shape index (κ1) is 7.60. The van der Waals surface area contributed by atoms with Gasteiger partial charge >= 0.3 is 0 Å². The molecule has 0 saturated heterocycles. The van der Waals surface area contributed by atoms with Crippen LogP contribution in [0.5, 0.6) is 0 Å². The van der Waals surface area contributed by atoms with E-state index in [2.05, 4.69) is 5.10 Å². The standard InChI is InChI=1S/C8H8N4O/c9-7-1-5-3-11-12(13)4-6(5)2-8(7)10/h1-4H,9-10H2. The van der Waals surface area contributed by atoms with Crippen molar-refractivity contribution in [2.75, 3.05) is 11.5 Å². The molecule has 2 rings (SSSR count). The van der Waals surface area contributed by atoms with Crippen LogP contribution in [0.3, 0.4) is 0 Å². The van der Waals surface area contributed by atoms with Gasteiger partial charge in [-0.15, -0.1) is 0 Å². The van der Waals surface area contributed by atoms with E-state index >= 15 is 0 Å². The Bertz CT molecular complexity index is 469. The summed E-state index contributed by atoms with van der Waals surface area (Å²) in [7, 11) is 0. The summed E-state index contributed by atoms with van der Waals surface area (Å²) in [6.45, 7) is 0. The van der Waals surface area contributed by atoms with Crippen LogP contribution in [0.1, 0.15) is 0 Å². The summed E-state index contributed by atoms with van der Waals surface area (Å²) in [5.74, 6) is 0. The predicted molar refractivity (Wildman–Crippen MR) is 49.5 cm³/mol. The molecule has 5 nitrogen and oxygen atoms in total. The lowest BCUT2D eigenvalue weighted by Crippen LogP contribution is -2.29. The third kappa shape index (κ3) is 1.20. The quantitative estimate of drug-likeness (QED) is 0.336. The predicted octanol–water partition coefficient (Wildman–Crippen LogP) is 0.0326. The molecule has 1 aromatic heterocycles. The highest BCUT2D eigenvalue weighted by molar-refractivity contribution is 5.89. The van der Waals surface area contributed by atoms with Gasteiger partial charge in [-0.1, -0.05) is 4.85 Å². The number of anilines is 2. The van der Waals surface area contributed by atoms with Crippen molar-refractivity contribution >= 4 is 22.1 Å². The summed E-state index contributed by atoms with van der Waals surface area (Å²) in [6.07, 6.45) is 2.81. The van der Waals surface area contributed by atoms with E-state index in [4.69, 9.17) is 11.5 Å². The van der Waals surface area contributed by atoms with Crippen molar-refractivity contribution in [1.82, 2.24) is 5.10 Å². The molecule has 0 atom stereocenters. The molecule has 4 N–H and O–H groups in total. The molecule has 1 heterocycles. The minimum atomic E-state index is 0.471. The third-order valence-electron chi connectivity index (χ3n) is 1.85. The molecule has 0 aliphatic heterocycles. The Morgan fingerprint density at radius 2 is 1.77 bits per heavy atom. The van der Waals surface area contributed by atoms with Crippen molar-refractivity contribution in [3.05, 3.63) is 29.7 Å². The van der Waals surface area contributed by atoms with Gasteiger partial charge in [0.25, 0.3) is 0 Å². The van der Waals surface area contributed by atoms with Gasteiger partial charge in [-0.25, -0.2) is 0 Å². The summed E-state index contributed by atoms with van der Waals surface area (Å²) < 4.78 is 0. The minimum absolute atomic E-state index is 0.471. The van der Waals surface area contributed by atoms with Crippen molar-refractivity contribution < 1.29 is 4.85 Å². The van der Waals surface area contributed by atoms with Gasteiger partial charge in [0, 0.05) is 10.5 Å². The van der Waals surface area contributed by atoms with Crippen LogP contribution < -0.4 is 16.3 Å². The number of nitrogens with two attached hydrogens (primary N) is 2. The zero-order valence-electron chi connectivity index (χ0n) is 6.77. The van der Waals surface area contributed by atoms with Gasteiger partial charge in [0.1, 0.15) is 6.20 Å². The molecule has 0 amide bonds. The third-order valence-corrected chi connectivity index (χ3v) is 1.85. The Hall–Kier alpha value is -2.04. The Morgan fingerprint density at radius 3 is 2.46 bits per heavy atom. The molecular formula is C8H8N4O. The van der Waals surface area contributed by atoms with E-state index in [-0.39, 0.29) is 0 Å². The maximum Gasteiger partial charge on any atom is 0.217 e. The fourth-order valence-electron chi connectivity index (χ4n) is 1.16. The number of rotatable bonds is 0. The lowest BCUT2D eigenvalue weighted by atomic mass is 10.1. The number of hydrogen-bond donors (Lipinski definition) is 2. The van der Waals surface area contributed by atoms with Crippen LogP contribution in [0.15, 0.2) is 24.5 Å². The minimum Gasteiger partial charge on any atom is -0.594 e. The van der Waals surface area contributed by atoms with Gasteiger partial charge in [0.15, 0.2) is 0 Å². The molecule has 2 aromatic rings. The van der Waals surface area contributed by atoms with Crippen molar-refractivity contribution in [2.45, 2.75) is 0 Å². The molecule has 0 spiro atoms. The normalized spacial score (nSPS) is 10.5. The summed E-state index contributed by atoms with van der Waals surface area (Å²) >= 11 is 0. The second kappa shape index (κ2) is 2.48. The van der Waals surface area contributed by atoms with Crippen LogP contribution >= 0.6 is 0 Å². The molecule has 13 heavy (non-hydrogen) atoms. The van der Waals surface area contributed by atoms with E-state index in [1.54, 1.807) is 12.1 Å². The number of aromatic nitrogens is 2. The first-order valence-electron chi connectivity index (χ1n) is 3.71. The van der Waals surface area contributed by atoms with Crippen LogP contribution in [0, 0.1) is 5.21 Å². The van der Waals surface area contributed by atoms with Crippen LogP contribution in [0.25, 0.3) is 10.8 Å². The zero-order valence-corrected chi connectivity index (χ0v) is 6.77. The highest BCUT2D eigenvalue weighted by Gasteiger charge is 2.02. The summed E-state index contributed by atoms with van der Waals surface area (Å²) in [5, 5.41) is 15.9. The second-order valence-corrected chi connectivity index (χ2v) is 2.79. The highest BCUT2D eigenvalue weighted by atomic mass is 16.5. The lowest BCUT2D eigenvalue weighted by molar-refractivity contribution is -0.667. The molecule has 1 aromatic carbocycles. The molecule has 5 heteroatoms. The number of nitrogen functional groups attached to an aromatic ring is 2. The van der Waals surface area contributed by atoms with E-state index < -0.39 is 0 Å². The zero-order chi connectivity index (χ0) is 9.42. The summed E-state index contributed by atoms with van der Waals surface area (Å²) in [5.41, 5.74) is 12.1. The number of hydrogen-bond acceptors (Lipinski definition) is 4. The smallest absolute Gasteiger partial charge is 0.217 e. The molecule has 0 radical (unpaired) electrons. The summed E-state index contributed by atoms with van der Waals surface area (Å²) in [4.78, 5) is 0.484. The SMILES string of the molecule is Nc1cc2cn[n+]([O-])cc2cc1N. The monoisotopic (exact) mass is 176 g/mol. The molecule has 0 aliphatic rings. The molecule has 66 valence electrons. The molecule has 0 bridgehead atoms.